The Kier molecular flexibility index (Phi) is 4.95. The van der Waals surface area contributed by atoms with Crippen LogP contribution < -0.4 is 0 Å². The predicted molar refractivity (Wildman–Crippen MR) is 81.8 cm³/mol. The summed E-state index contributed by atoms with van der Waals surface area (Å²) in [6, 6.07) is 2.02. The summed E-state index contributed by atoms with van der Waals surface area (Å²) in [6.07, 6.45) is 2.93. The van der Waals surface area contributed by atoms with E-state index in [9.17, 15) is 0 Å². The van der Waals surface area contributed by atoms with Crippen molar-refractivity contribution in [1.29, 1.82) is 5.26 Å². The van der Waals surface area contributed by atoms with Gasteiger partial charge in [0.1, 0.15) is 6.33 Å². The minimum atomic E-state index is 0.0722. The first kappa shape index (κ1) is 15.6. The van der Waals surface area contributed by atoms with E-state index in [0.717, 1.165) is 0 Å². The Morgan fingerprint density at radius 3 is 2.05 bits per heavy atom. The first-order valence-corrected chi connectivity index (χ1v) is 7.05. The Bertz CT molecular complexity index is 695. The normalized spacial score (nSPS) is 10.4. The summed E-state index contributed by atoms with van der Waals surface area (Å²) in [5, 5.41) is 9.33. The van der Waals surface area contributed by atoms with Crippen LogP contribution in [0.2, 0.25) is 25.1 Å². The Morgan fingerprint density at radius 1 is 0.950 bits per heavy atom. The molecule has 102 valence electrons. The fourth-order valence-corrected chi connectivity index (χ4v) is 2.93. The molecule has 0 N–H and O–H groups in total. The van der Waals surface area contributed by atoms with Crippen molar-refractivity contribution in [3.05, 3.63) is 43.2 Å². The monoisotopic (exact) mass is 365 g/mol. The molecule has 2 aromatic rings. The van der Waals surface area contributed by atoms with Crippen LogP contribution in [-0.2, 0) is 6.42 Å². The highest BCUT2D eigenvalue weighted by atomic mass is 35.5. The molecule has 0 aliphatic carbocycles. The van der Waals surface area contributed by atoms with Crippen LogP contribution in [0.5, 0.6) is 0 Å². The van der Waals surface area contributed by atoms with Crippen LogP contribution in [0, 0.1) is 11.3 Å². The predicted octanol–water partition coefficient (Wildman–Crippen LogP) is 5.48. The second-order valence-electron chi connectivity index (χ2n) is 3.68. The molecule has 0 fully saturated rings. The van der Waals surface area contributed by atoms with Crippen molar-refractivity contribution in [3.8, 4) is 17.3 Å². The van der Waals surface area contributed by atoms with Gasteiger partial charge in [0.15, 0.2) is 0 Å². The molecule has 0 saturated heterocycles. The van der Waals surface area contributed by atoms with Gasteiger partial charge in [-0.2, -0.15) is 5.26 Å². The van der Waals surface area contributed by atoms with E-state index < -0.39 is 0 Å². The Morgan fingerprint density at radius 2 is 1.50 bits per heavy atom. The molecule has 0 bridgehead atoms. The maximum Gasteiger partial charge on any atom is 0.116 e. The molecule has 0 amide bonds. The largest absolute Gasteiger partial charge is 0.244 e. The van der Waals surface area contributed by atoms with E-state index in [1.54, 1.807) is 0 Å². The van der Waals surface area contributed by atoms with Gasteiger partial charge < -0.3 is 0 Å². The number of aromatic nitrogens is 2. The van der Waals surface area contributed by atoms with Crippen LogP contribution >= 0.6 is 58.0 Å². The highest BCUT2D eigenvalue weighted by molar-refractivity contribution is 6.56. The van der Waals surface area contributed by atoms with Crippen LogP contribution in [0.25, 0.3) is 11.3 Å². The quantitative estimate of drug-likeness (QED) is 0.522. The highest BCUT2D eigenvalue weighted by Gasteiger charge is 2.22. The average molecular weight is 367 g/mol. The zero-order chi connectivity index (χ0) is 14.9. The van der Waals surface area contributed by atoms with Crippen molar-refractivity contribution < 1.29 is 0 Å². The maximum atomic E-state index is 8.84. The van der Waals surface area contributed by atoms with E-state index in [-0.39, 0.29) is 31.5 Å². The van der Waals surface area contributed by atoms with Crippen molar-refractivity contribution in [1.82, 2.24) is 9.97 Å². The van der Waals surface area contributed by atoms with Gasteiger partial charge in [-0.15, -0.1) is 0 Å². The molecular formula is C12H4Cl5N3. The van der Waals surface area contributed by atoms with Crippen molar-refractivity contribution >= 4 is 58.0 Å². The summed E-state index contributed by atoms with van der Waals surface area (Å²) >= 11 is 30.3. The lowest BCUT2D eigenvalue weighted by molar-refractivity contribution is 1.10. The van der Waals surface area contributed by atoms with Gasteiger partial charge in [0.25, 0.3) is 0 Å². The zero-order valence-corrected chi connectivity index (χ0v) is 13.4. The summed E-state index contributed by atoms with van der Waals surface area (Å²) in [5.74, 6) is 0. The van der Waals surface area contributed by atoms with Crippen molar-refractivity contribution in [2.75, 3.05) is 0 Å². The van der Waals surface area contributed by atoms with Gasteiger partial charge in [-0.25, -0.2) is 9.97 Å². The number of hydrogen-bond acceptors (Lipinski definition) is 3. The molecule has 1 aromatic heterocycles. The second kappa shape index (κ2) is 6.34. The fourth-order valence-electron chi connectivity index (χ4n) is 1.61. The van der Waals surface area contributed by atoms with E-state index in [1.165, 1.54) is 12.5 Å². The number of nitrogens with zero attached hydrogens (tertiary/aromatic N) is 3. The molecule has 0 aliphatic heterocycles. The van der Waals surface area contributed by atoms with E-state index in [4.69, 9.17) is 63.3 Å². The molecule has 2 rings (SSSR count). The number of nitriles is 1. The average Bonchev–Trinajstić information content (AvgIpc) is 2.45. The Labute approximate surface area is 140 Å². The number of halogens is 5. The van der Waals surface area contributed by atoms with Gasteiger partial charge in [-0.3, -0.25) is 0 Å². The first-order chi connectivity index (χ1) is 9.49. The molecule has 0 unspecified atom stereocenters. The molecule has 8 heteroatoms. The van der Waals surface area contributed by atoms with Gasteiger partial charge in [-0.05, 0) is 0 Å². The van der Waals surface area contributed by atoms with E-state index >= 15 is 0 Å². The Hall–Kier alpha value is -0.760. The molecule has 0 saturated carbocycles. The molecule has 1 heterocycles. The third-order valence-electron chi connectivity index (χ3n) is 2.50. The third-order valence-corrected chi connectivity index (χ3v) is 4.78. The first-order valence-electron chi connectivity index (χ1n) is 5.16. The third kappa shape index (κ3) is 2.67. The van der Waals surface area contributed by atoms with Gasteiger partial charge in [-0.1, -0.05) is 58.0 Å². The summed E-state index contributed by atoms with van der Waals surface area (Å²) in [5.41, 5.74) is 1.30. The Balaban J connectivity index is 2.81. The molecule has 20 heavy (non-hydrogen) atoms. The molecule has 0 radical (unpaired) electrons. The van der Waals surface area contributed by atoms with Crippen LogP contribution in [0.1, 0.15) is 5.56 Å². The number of benzene rings is 1. The standard InChI is InChI=1S/C12H4Cl5N3/c13-7-6(8(14)10(16)11(17)9(7)15)12-5(1-2-18)3-19-4-20-12/h3-4H,1H2. The molecule has 3 nitrogen and oxygen atoms in total. The van der Waals surface area contributed by atoms with Gasteiger partial charge >= 0.3 is 0 Å². The lowest BCUT2D eigenvalue weighted by atomic mass is 10.1. The summed E-state index contributed by atoms with van der Waals surface area (Å²) < 4.78 is 0. The van der Waals surface area contributed by atoms with Crippen molar-refractivity contribution in [3.63, 3.8) is 0 Å². The van der Waals surface area contributed by atoms with Crippen LogP contribution in [0.4, 0.5) is 0 Å². The minimum absolute atomic E-state index is 0.0722. The van der Waals surface area contributed by atoms with Crippen molar-refractivity contribution in [2.24, 2.45) is 0 Å². The van der Waals surface area contributed by atoms with Crippen LogP contribution in [-0.4, -0.2) is 9.97 Å². The molecule has 1 aromatic carbocycles. The van der Waals surface area contributed by atoms with E-state index in [0.29, 0.717) is 16.8 Å². The van der Waals surface area contributed by atoms with E-state index in [1.807, 2.05) is 6.07 Å². The SMILES string of the molecule is N#CCc1cncnc1-c1c(Cl)c(Cl)c(Cl)c(Cl)c1Cl. The minimum Gasteiger partial charge on any atom is -0.244 e. The molecule has 0 spiro atoms. The van der Waals surface area contributed by atoms with Gasteiger partial charge in [0.2, 0.25) is 0 Å². The maximum absolute atomic E-state index is 8.84. The van der Waals surface area contributed by atoms with Crippen molar-refractivity contribution in [2.45, 2.75) is 6.42 Å². The topological polar surface area (TPSA) is 49.6 Å². The molecular weight excluding hydrogens is 363 g/mol. The molecule has 0 atom stereocenters. The van der Waals surface area contributed by atoms with Gasteiger partial charge in [0.05, 0.1) is 43.3 Å². The summed E-state index contributed by atoms with van der Waals surface area (Å²) in [4.78, 5) is 7.98. The summed E-state index contributed by atoms with van der Waals surface area (Å²) in [6.45, 7) is 0. The van der Waals surface area contributed by atoms with Crippen LogP contribution in [0.3, 0.4) is 0 Å². The summed E-state index contributed by atoms with van der Waals surface area (Å²) in [7, 11) is 0. The van der Waals surface area contributed by atoms with Gasteiger partial charge in [0, 0.05) is 17.3 Å². The zero-order valence-electron chi connectivity index (χ0n) is 9.59. The number of rotatable bonds is 2. The fraction of sp³-hybridized carbons (Fsp3) is 0.0833. The smallest absolute Gasteiger partial charge is 0.116 e. The lowest BCUT2D eigenvalue weighted by Crippen LogP contribution is -1.96. The molecule has 0 aliphatic rings. The number of hydrogen-bond donors (Lipinski definition) is 0. The van der Waals surface area contributed by atoms with Crippen LogP contribution in [0.15, 0.2) is 12.5 Å². The van der Waals surface area contributed by atoms with E-state index in [2.05, 4.69) is 9.97 Å². The second-order valence-corrected chi connectivity index (χ2v) is 5.57. The highest BCUT2D eigenvalue weighted by Crippen LogP contribution is 2.48. The lowest BCUT2D eigenvalue weighted by Gasteiger charge is -2.13.